The molecule has 1 N–H and O–H groups in total. The van der Waals surface area contributed by atoms with Crippen molar-refractivity contribution in [1.29, 1.82) is 0 Å². The van der Waals surface area contributed by atoms with Crippen LogP contribution in [0.4, 0.5) is 5.82 Å². The zero-order chi connectivity index (χ0) is 9.26. The third-order valence-electron chi connectivity index (χ3n) is 1.83. The van der Waals surface area contributed by atoms with E-state index in [0.29, 0.717) is 18.0 Å². The van der Waals surface area contributed by atoms with E-state index in [1.165, 1.54) is 0 Å². The monoisotopic (exact) mass is 214 g/mol. The van der Waals surface area contributed by atoms with Crippen molar-refractivity contribution in [3.8, 4) is 5.75 Å². The Hall–Kier alpha value is -1.29. The third-order valence-corrected chi connectivity index (χ3v) is 1.83. The summed E-state index contributed by atoms with van der Waals surface area (Å²) in [5.74, 6) is 1.10. The molecule has 2 rings (SSSR count). The number of carbonyl (C=O) groups is 1. The van der Waals surface area contributed by atoms with Gasteiger partial charge in [0.25, 0.3) is 0 Å². The summed E-state index contributed by atoms with van der Waals surface area (Å²) in [6.07, 6.45) is 1.90. The molecule has 14 heavy (non-hydrogen) atoms. The summed E-state index contributed by atoms with van der Waals surface area (Å²) in [7, 11) is 0. The number of fused-ring (bicyclic) bond motifs is 1. The minimum Gasteiger partial charge on any atom is -0.486 e. The van der Waals surface area contributed by atoms with Gasteiger partial charge in [-0.25, -0.2) is 4.98 Å². The second kappa shape index (κ2) is 4.28. The fourth-order valence-electron chi connectivity index (χ4n) is 1.28. The summed E-state index contributed by atoms with van der Waals surface area (Å²) in [5.41, 5.74) is 0. The molecule has 1 aromatic rings. The van der Waals surface area contributed by atoms with Crippen molar-refractivity contribution in [2.24, 2.45) is 0 Å². The third kappa shape index (κ3) is 2.14. The summed E-state index contributed by atoms with van der Waals surface area (Å²) in [6, 6.07) is 3.58. The molecule has 1 amide bonds. The van der Waals surface area contributed by atoms with Crippen molar-refractivity contribution in [2.45, 2.75) is 19.4 Å². The molecular formula is C9H11ClN2O2. The number of amides is 1. The van der Waals surface area contributed by atoms with Crippen molar-refractivity contribution >= 4 is 24.1 Å². The Morgan fingerprint density at radius 2 is 2.43 bits per heavy atom. The van der Waals surface area contributed by atoms with Crippen molar-refractivity contribution in [2.75, 3.05) is 5.32 Å². The first-order valence-corrected chi connectivity index (χ1v) is 4.17. The van der Waals surface area contributed by atoms with E-state index >= 15 is 0 Å². The highest BCUT2D eigenvalue weighted by atomic mass is 35.5. The van der Waals surface area contributed by atoms with Crippen LogP contribution in [0.25, 0.3) is 0 Å². The normalized spacial score (nSPS) is 19.5. The number of halogens is 1. The largest absolute Gasteiger partial charge is 0.486 e. The van der Waals surface area contributed by atoms with E-state index in [0.717, 1.165) is 0 Å². The molecule has 1 unspecified atom stereocenters. The molecule has 4 nitrogen and oxygen atoms in total. The maximum absolute atomic E-state index is 11.2. The summed E-state index contributed by atoms with van der Waals surface area (Å²) < 4.78 is 5.48. The van der Waals surface area contributed by atoms with Crippen LogP contribution in [-0.2, 0) is 4.79 Å². The van der Waals surface area contributed by atoms with Crippen LogP contribution in [0.3, 0.4) is 0 Å². The van der Waals surface area contributed by atoms with Gasteiger partial charge < -0.3 is 10.1 Å². The second-order valence-corrected chi connectivity index (χ2v) is 3.03. The second-order valence-electron chi connectivity index (χ2n) is 3.03. The van der Waals surface area contributed by atoms with E-state index in [1.54, 1.807) is 18.3 Å². The minimum absolute atomic E-state index is 0. The van der Waals surface area contributed by atoms with E-state index in [-0.39, 0.29) is 24.4 Å². The lowest BCUT2D eigenvalue weighted by molar-refractivity contribution is -0.117. The Kier molecular flexibility index (Phi) is 3.30. The van der Waals surface area contributed by atoms with Gasteiger partial charge >= 0.3 is 0 Å². The molecule has 5 heteroatoms. The Bertz CT molecular complexity index is 343. The van der Waals surface area contributed by atoms with E-state index in [9.17, 15) is 4.79 Å². The van der Waals surface area contributed by atoms with Gasteiger partial charge in [0.2, 0.25) is 5.91 Å². The van der Waals surface area contributed by atoms with Crippen molar-refractivity contribution < 1.29 is 9.53 Å². The van der Waals surface area contributed by atoms with E-state index in [2.05, 4.69) is 10.3 Å². The molecule has 0 aliphatic carbocycles. The van der Waals surface area contributed by atoms with Gasteiger partial charge in [0.05, 0.1) is 6.42 Å². The molecule has 0 saturated carbocycles. The summed E-state index contributed by atoms with van der Waals surface area (Å²) in [5, 5.41) is 2.68. The zero-order valence-electron chi connectivity index (χ0n) is 7.69. The Morgan fingerprint density at radius 1 is 1.64 bits per heavy atom. The first-order valence-electron chi connectivity index (χ1n) is 4.17. The molecular weight excluding hydrogens is 204 g/mol. The van der Waals surface area contributed by atoms with Crippen molar-refractivity contribution in [1.82, 2.24) is 4.98 Å². The van der Waals surface area contributed by atoms with Crippen LogP contribution in [-0.4, -0.2) is 17.0 Å². The summed E-state index contributed by atoms with van der Waals surface area (Å²) in [4.78, 5) is 15.2. The number of carbonyl (C=O) groups excluding carboxylic acids is 1. The maximum atomic E-state index is 11.2. The topological polar surface area (TPSA) is 51.2 Å². The smallest absolute Gasteiger partial charge is 0.229 e. The number of nitrogens with one attached hydrogen (secondary N) is 1. The minimum atomic E-state index is -0.0922. The highest BCUT2D eigenvalue weighted by Crippen LogP contribution is 2.25. The van der Waals surface area contributed by atoms with Crippen LogP contribution >= 0.6 is 12.4 Å². The Labute approximate surface area is 88.1 Å². The van der Waals surface area contributed by atoms with Gasteiger partial charge in [-0.1, -0.05) is 0 Å². The average Bonchev–Trinajstić information content (AvgIpc) is 2.20. The molecule has 0 aromatic carbocycles. The number of hydrogen-bond donors (Lipinski definition) is 1. The first kappa shape index (κ1) is 10.8. The van der Waals surface area contributed by atoms with Gasteiger partial charge in [-0.15, -0.1) is 12.4 Å². The zero-order valence-corrected chi connectivity index (χ0v) is 8.50. The molecule has 1 aliphatic heterocycles. The molecule has 0 saturated heterocycles. The highest BCUT2D eigenvalue weighted by molar-refractivity contribution is 5.92. The van der Waals surface area contributed by atoms with Crippen LogP contribution in [0.15, 0.2) is 18.3 Å². The molecule has 1 aromatic heterocycles. The quantitative estimate of drug-likeness (QED) is 0.714. The predicted octanol–water partition coefficient (Wildman–Crippen LogP) is 1.61. The van der Waals surface area contributed by atoms with Crippen LogP contribution in [0.5, 0.6) is 5.75 Å². The number of anilines is 1. The van der Waals surface area contributed by atoms with Crippen LogP contribution < -0.4 is 10.1 Å². The molecule has 0 spiro atoms. The van der Waals surface area contributed by atoms with Crippen molar-refractivity contribution in [3.63, 3.8) is 0 Å². The van der Waals surface area contributed by atoms with Gasteiger partial charge in [0, 0.05) is 6.20 Å². The number of pyridine rings is 1. The molecule has 76 valence electrons. The lowest BCUT2D eigenvalue weighted by atomic mass is 10.3. The highest BCUT2D eigenvalue weighted by Gasteiger charge is 2.19. The van der Waals surface area contributed by atoms with E-state index in [1.807, 2.05) is 6.92 Å². The fourth-order valence-corrected chi connectivity index (χ4v) is 1.28. The standard InChI is InChI=1S/C9H10N2O2.ClH/c1-6-5-8(12)11-9-7(13-6)3-2-4-10-9;/h2-4,6H,5H2,1H3,(H,10,11,12);1H. The number of ether oxygens (including phenoxy) is 1. The molecule has 0 bridgehead atoms. The van der Waals surface area contributed by atoms with E-state index in [4.69, 9.17) is 4.74 Å². The van der Waals surface area contributed by atoms with Gasteiger partial charge in [-0.2, -0.15) is 0 Å². The molecule has 1 atom stereocenters. The number of aromatic nitrogens is 1. The van der Waals surface area contributed by atoms with Gasteiger partial charge in [0.15, 0.2) is 11.6 Å². The first-order chi connectivity index (χ1) is 6.25. The lowest BCUT2D eigenvalue weighted by Gasteiger charge is -2.09. The van der Waals surface area contributed by atoms with Crippen LogP contribution in [0.2, 0.25) is 0 Å². The average molecular weight is 215 g/mol. The Balaban J connectivity index is 0.000000980. The maximum Gasteiger partial charge on any atom is 0.229 e. The van der Waals surface area contributed by atoms with E-state index < -0.39 is 0 Å². The molecule has 1 aliphatic rings. The Morgan fingerprint density at radius 3 is 3.21 bits per heavy atom. The molecule has 0 radical (unpaired) electrons. The van der Waals surface area contributed by atoms with Crippen LogP contribution in [0.1, 0.15) is 13.3 Å². The SMILES string of the molecule is CC1CC(=O)Nc2ncccc2O1.Cl. The molecule has 2 heterocycles. The number of nitrogens with zero attached hydrogens (tertiary/aromatic N) is 1. The summed E-state index contributed by atoms with van der Waals surface area (Å²) >= 11 is 0. The lowest BCUT2D eigenvalue weighted by Crippen LogP contribution is -2.17. The number of hydrogen-bond acceptors (Lipinski definition) is 3. The summed E-state index contributed by atoms with van der Waals surface area (Å²) in [6.45, 7) is 1.86. The predicted molar refractivity (Wildman–Crippen MR) is 54.8 cm³/mol. The van der Waals surface area contributed by atoms with Gasteiger partial charge in [0.1, 0.15) is 6.10 Å². The number of rotatable bonds is 0. The van der Waals surface area contributed by atoms with Crippen molar-refractivity contribution in [3.05, 3.63) is 18.3 Å². The van der Waals surface area contributed by atoms with Crippen LogP contribution in [0, 0.1) is 0 Å². The van der Waals surface area contributed by atoms with Gasteiger partial charge in [-0.05, 0) is 19.1 Å². The van der Waals surface area contributed by atoms with Gasteiger partial charge in [-0.3, -0.25) is 4.79 Å². The molecule has 0 fully saturated rings. The fraction of sp³-hybridized carbons (Fsp3) is 0.333.